The quantitative estimate of drug-likeness (QED) is 0.888. The Labute approximate surface area is 125 Å². The van der Waals surface area contributed by atoms with Crippen LogP contribution >= 0.6 is 15.9 Å². The molecule has 0 aliphatic carbocycles. The van der Waals surface area contributed by atoms with E-state index in [4.69, 9.17) is 0 Å². The Morgan fingerprint density at radius 1 is 1.37 bits per heavy atom. The molecule has 3 heteroatoms. The molecule has 0 radical (unpaired) electrons. The highest BCUT2D eigenvalue weighted by atomic mass is 79.9. The molecule has 1 heterocycles. The van der Waals surface area contributed by atoms with Crippen molar-refractivity contribution in [3.05, 3.63) is 28.2 Å². The lowest BCUT2D eigenvalue weighted by Crippen LogP contribution is -2.40. The van der Waals surface area contributed by atoms with Gasteiger partial charge in [-0.25, -0.2) is 0 Å². The van der Waals surface area contributed by atoms with E-state index in [2.05, 4.69) is 65.1 Å². The van der Waals surface area contributed by atoms with Crippen molar-refractivity contribution in [2.24, 2.45) is 5.41 Å². The number of rotatable bonds is 3. The van der Waals surface area contributed by atoms with Gasteiger partial charge in [-0.2, -0.15) is 0 Å². The number of hydrogen-bond donors (Lipinski definition) is 1. The number of anilines is 1. The van der Waals surface area contributed by atoms with Crippen molar-refractivity contribution < 1.29 is 0 Å². The maximum absolute atomic E-state index is 3.59. The van der Waals surface area contributed by atoms with Crippen molar-refractivity contribution in [2.75, 3.05) is 25.0 Å². The van der Waals surface area contributed by atoms with Gasteiger partial charge in [0.05, 0.1) is 0 Å². The number of halogens is 1. The van der Waals surface area contributed by atoms with Gasteiger partial charge in [0, 0.05) is 29.3 Å². The summed E-state index contributed by atoms with van der Waals surface area (Å²) in [5.74, 6) is 0. The van der Waals surface area contributed by atoms with Gasteiger partial charge in [0.2, 0.25) is 0 Å². The molecule has 1 unspecified atom stereocenters. The lowest BCUT2D eigenvalue weighted by molar-refractivity contribution is 0.292. The molecular formula is C16H25BrN2. The highest BCUT2D eigenvalue weighted by molar-refractivity contribution is 9.10. The van der Waals surface area contributed by atoms with Crippen LogP contribution in [0.2, 0.25) is 0 Å². The molecule has 2 rings (SSSR count). The van der Waals surface area contributed by atoms with Gasteiger partial charge >= 0.3 is 0 Å². The third-order valence-corrected chi connectivity index (χ3v) is 4.62. The van der Waals surface area contributed by atoms with E-state index >= 15 is 0 Å². The monoisotopic (exact) mass is 324 g/mol. The molecule has 2 nitrogen and oxygen atoms in total. The minimum Gasteiger partial charge on any atom is -0.371 e. The summed E-state index contributed by atoms with van der Waals surface area (Å²) in [7, 11) is 2.02. The second-order valence-corrected chi connectivity index (χ2v) is 7.32. The van der Waals surface area contributed by atoms with Gasteiger partial charge in [-0.1, -0.05) is 29.8 Å². The Hall–Kier alpha value is -0.540. The Kier molecular flexibility index (Phi) is 4.57. The zero-order valence-electron chi connectivity index (χ0n) is 12.5. The lowest BCUT2D eigenvalue weighted by atomic mass is 9.83. The fourth-order valence-corrected chi connectivity index (χ4v) is 3.32. The molecule has 0 saturated carbocycles. The third kappa shape index (κ3) is 3.51. The lowest BCUT2D eigenvalue weighted by Gasteiger charge is -2.40. The van der Waals surface area contributed by atoms with E-state index in [9.17, 15) is 0 Å². The molecule has 19 heavy (non-hydrogen) atoms. The van der Waals surface area contributed by atoms with Gasteiger partial charge in [0.1, 0.15) is 0 Å². The van der Waals surface area contributed by atoms with Crippen LogP contribution in [0.5, 0.6) is 0 Å². The number of piperidine rings is 1. The first-order chi connectivity index (χ1) is 8.93. The number of nitrogens with zero attached hydrogens (tertiary/aromatic N) is 1. The van der Waals surface area contributed by atoms with Crippen LogP contribution in [0.25, 0.3) is 0 Å². The fourth-order valence-electron chi connectivity index (χ4n) is 2.94. The van der Waals surface area contributed by atoms with Crippen LogP contribution < -0.4 is 10.2 Å². The Bertz CT molecular complexity index is 442. The summed E-state index contributed by atoms with van der Waals surface area (Å²) in [5.41, 5.74) is 3.19. The summed E-state index contributed by atoms with van der Waals surface area (Å²) < 4.78 is 1.16. The third-order valence-electron chi connectivity index (χ3n) is 4.13. The standard InChI is InChI=1S/C16H25BrN2/c1-12(18-4)14-10-13(17)6-7-15(14)19-9-5-8-16(2,3)11-19/h6-7,10,12,18H,5,8-9,11H2,1-4H3. The Morgan fingerprint density at radius 3 is 2.74 bits per heavy atom. The van der Waals surface area contributed by atoms with Gasteiger partial charge in [0.25, 0.3) is 0 Å². The molecule has 1 aliphatic rings. The van der Waals surface area contributed by atoms with Crippen LogP contribution in [-0.4, -0.2) is 20.1 Å². The summed E-state index contributed by atoms with van der Waals surface area (Å²) in [6.07, 6.45) is 2.62. The van der Waals surface area contributed by atoms with E-state index < -0.39 is 0 Å². The minimum absolute atomic E-state index is 0.373. The molecule has 0 aromatic heterocycles. The second kappa shape index (κ2) is 5.84. The summed E-state index contributed by atoms with van der Waals surface area (Å²) >= 11 is 3.59. The molecule has 106 valence electrons. The predicted molar refractivity (Wildman–Crippen MR) is 86.8 cm³/mol. The van der Waals surface area contributed by atoms with E-state index in [0.717, 1.165) is 11.0 Å². The molecule has 1 aromatic rings. The SMILES string of the molecule is CNC(C)c1cc(Br)ccc1N1CCCC(C)(C)C1. The summed E-state index contributed by atoms with van der Waals surface area (Å²) in [6, 6.07) is 7.04. The first-order valence-electron chi connectivity index (χ1n) is 7.14. The zero-order valence-corrected chi connectivity index (χ0v) is 14.0. The highest BCUT2D eigenvalue weighted by Crippen LogP contribution is 2.35. The van der Waals surface area contributed by atoms with Gasteiger partial charge in [-0.05, 0) is 56.0 Å². The van der Waals surface area contributed by atoms with Crippen molar-refractivity contribution in [3.8, 4) is 0 Å². The van der Waals surface area contributed by atoms with E-state index in [-0.39, 0.29) is 0 Å². The van der Waals surface area contributed by atoms with Crippen LogP contribution in [0.4, 0.5) is 5.69 Å². The topological polar surface area (TPSA) is 15.3 Å². The summed E-state index contributed by atoms with van der Waals surface area (Å²) in [4.78, 5) is 2.55. The molecule has 1 aliphatic heterocycles. The Morgan fingerprint density at radius 2 is 2.11 bits per heavy atom. The molecule has 0 amide bonds. The average molecular weight is 325 g/mol. The van der Waals surface area contributed by atoms with Crippen LogP contribution in [0.15, 0.2) is 22.7 Å². The minimum atomic E-state index is 0.373. The maximum Gasteiger partial charge on any atom is 0.0415 e. The van der Waals surface area contributed by atoms with Crippen LogP contribution in [0.1, 0.15) is 45.2 Å². The van der Waals surface area contributed by atoms with Gasteiger partial charge in [-0.3, -0.25) is 0 Å². The predicted octanol–water partition coefficient (Wildman–Crippen LogP) is 4.36. The highest BCUT2D eigenvalue weighted by Gasteiger charge is 2.28. The van der Waals surface area contributed by atoms with Crippen LogP contribution in [-0.2, 0) is 0 Å². The van der Waals surface area contributed by atoms with E-state index in [1.165, 1.54) is 30.6 Å². The Balaban J connectivity index is 2.33. The van der Waals surface area contributed by atoms with Gasteiger partial charge in [-0.15, -0.1) is 0 Å². The number of hydrogen-bond acceptors (Lipinski definition) is 2. The molecule has 1 fully saturated rings. The zero-order chi connectivity index (χ0) is 14.0. The van der Waals surface area contributed by atoms with Crippen molar-refractivity contribution in [1.29, 1.82) is 0 Å². The van der Waals surface area contributed by atoms with E-state index in [0.29, 0.717) is 11.5 Å². The molecule has 1 N–H and O–H groups in total. The average Bonchev–Trinajstić information content (AvgIpc) is 2.36. The maximum atomic E-state index is 3.59. The summed E-state index contributed by atoms with van der Waals surface area (Å²) in [6.45, 7) is 9.30. The summed E-state index contributed by atoms with van der Waals surface area (Å²) in [5, 5.41) is 3.36. The van der Waals surface area contributed by atoms with Gasteiger partial charge < -0.3 is 10.2 Å². The number of benzene rings is 1. The van der Waals surface area contributed by atoms with Crippen molar-refractivity contribution in [3.63, 3.8) is 0 Å². The fraction of sp³-hybridized carbons (Fsp3) is 0.625. The number of nitrogens with one attached hydrogen (secondary N) is 1. The second-order valence-electron chi connectivity index (χ2n) is 6.40. The molecule has 0 bridgehead atoms. The first-order valence-corrected chi connectivity index (χ1v) is 7.94. The molecule has 1 saturated heterocycles. The smallest absolute Gasteiger partial charge is 0.0415 e. The van der Waals surface area contributed by atoms with Crippen molar-refractivity contribution in [1.82, 2.24) is 5.32 Å². The molecule has 0 spiro atoms. The molecular weight excluding hydrogens is 300 g/mol. The van der Waals surface area contributed by atoms with E-state index in [1.54, 1.807) is 0 Å². The van der Waals surface area contributed by atoms with Gasteiger partial charge in [0.15, 0.2) is 0 Å². The largest absolute Gasteiger partial charge is 0.371 e. The first kappa shape index (κ1) is 14.9. The van der Waals surface area contributed by atoms with E-state index in [1.807, 2.05) is 7.05 Å². The normalized spacial score (nSPS) is 20.4. The van der Waals surface area contributed by atoms with Crippen LogP contribution in [0.3, 0.4) is 0 Å². The van der Waals surface area contributed by atoms with Crippen molar-refractivity contribution >= 4 is 21.6 Å². The molecule has 1 atom stereocenters. The molecule has 1 aromatic carbocycles. The van der Waals surface area contributed by atoms with Crippen molar-refractivity contribution in [2.45, 2.75) is 39.7 Å². The van der Waals surface area contributed by atoms with Crippen LogP contribution in [0, 0.1) is 5.41 Å².